The number of nitrogens with zero attached hydrogens (tertiary/aromatic N) is 2. The lowest BCUT2D eigenvalue weighted by Gasteiger charge is -2.30. The molecule has 2 saturated heterocycles. The quantitative estimate of drug-likeness (QED) is 0.486. The van der Waals surface area contributed by atoms with E-state index in [4.69, 9.17) is 9.47 Å². The second kappa shape index (κ2) is 9.77. The lowest BCUT2D eigenvalue weighted by atomic mass is 10.0. The van der Waals surface area contributed by atoms with Crippen molar-refractivity contribution < 1.29 is 23.9 Å². The second-order valence-corrected chi connectivity index (χ2v) is 9.42. The molecule has 0 aliphatic carbocycles. The molecular weight excluding hydrogens is 454 g/mol. The van der Waals surface area contributed by atoms with E-state index in [1.807, 2.05) is 6.07 Å². The first-order chi connectivity index (χ1) is 16.5. The minimum atomic E-state index is -0.637. The number of hydrogen-bond donors (Lipinski definition) is 2. The van der Waals surface area contributed by atoms with Crippen molar-refractivity contribution in [3.05, 3.63) is 64.7 Å². The number of hydrogen-bond acceptors (Lipinski definition) is 7. The number of ether oxygens (including phenoxy) is 2. The summed E-state index contributed by atoms with van der Waals surface area (Å²) in [4.78, 5) is 40.6. The maximum absolute atomic E-state index is 13.0. The van der Waals surface area contributed by atoms with E-state index in [2.05, 4.69) is 47.1 Å². The molecule has 3 aliphatic rings. The lowest BCUT2D eigenvalue weighted by molar-refractivity contribution is -0.136. The smallest absolute Gasteiger partial charge is 0.255 e. The van der Waals surface area contributed by atoms with Crippen LogP contribution in [0, 0.1) is 0 Å². The summed E-state index contributed by atoms with van der Waals surface area (Å²) >= 11 is 4.40. The molecule has 0 aromatic heterocycles. The van der Waals surface area contributed by atoms with Crippen LogP contribution in [0.5, 0.6) is 5.75 Å². The Bertz CT molecular complexity index is 1110. The highest BCUT2D eigenvalue weighted by molar-refractivity contribution is 7.80. The van der Waals surface area contributed by atoms with Crippen molar-refractivity contribution in [3.63, 3.8) is 0 Å². The Kier molecular flexibility index (Phi) is 6.58. The summed E-state index contributed by atoms with van der Waals surface area (Å²) in [6.07, 6.45) is 0.572. The average molecular weight is 482 g/mol. The number of thiol groups is 1. The number of carbonyl (C=O) groups excluding carboxylic acids is 3. The molecule has 0 radical (unpaired) electrons. The number of imide groups is 1. The third-order valence-corrected chi connectivity index (χ3v) is 6.81. The minimum absolute atomic E-state index is 0.0354. The number of fused-ring (bicyclic) bond motifs is 1. The fraction of sp³-hybridized carbons (Fsp3) is 0.400. The first-order valence-corrected chi connectivity index (χ1v) is 12.0. The number of amides is 3. The molecule has 8 nitrogen and oxygen atoms in total. The van der Waals surface area contributed by atoms with Crippen molar-refractivity contribution in [1.29, 1.82) is 0 Å². The van der Waals surface area contributed by atoms with E-state index < -0.39 is 11.9 Å². The molecule has 178 valence electrons. The summed E-state index contributed by atoms with van der Waals surface area (Å²) in [6, 6.07) is 13.1. The van der Waals surface area contributed by atoms with Crippen molar-refractivity contribution in [2.45, 2.75) is 44.0 Å². The number of morpholine rings is 1. The van der Waals surface area contributed by atoms with Crippen LogP contribution < -0.4 is 10.1 Å². The molecule has 3 aliphatic heterocycles. The van der Waals surface area contributed by atoms with E-state index >= 15 is 0 Å². The largest absolute Gasteiger partial charge is 0.489 e. The first kappa shape index (κ1) is 22.9. The van der Waals surface area contributed by atoms with Crippen LogP contribution in [0.3, 0.4) is 0 Å². The van der Waals surface area contributed by atoms with Gasteiger partial charge in [0.15, 0.2) is 0 Å². The summed E-state index contributed by atoms with van der Waals surface area (Å²) < 4.78 is 11.6. The average Bonchev–Trinajstić information content (AvgIpc) is 3.15. The van der Waals surface area contributed by atoms with Gasteiger partial charge in [0, 0.05) is 37.2 Å². The van der Waals surface area contributed by atoms with Crippen molar-refractivity contribution in [1.82, 2.24) is 15.1 Å². The number of nitrogens with one attached hydrogen (secondary N) is 1. The van der Waals surface area contributed by atoms with E-state index in [9.17, 15) is 14.4 Å². The van der Waals surface area contributed by atoms with Gasteiger partial charge in [0.05, 0.1) is 13.2 Å². The first-order valence-electron chi connectivity index (χ1n) is 11.5. The summed E-state index contributed by atoms with van der Waals surface area (Å²) in [5.41, 5.74) is 3.54. The third kappa shape index (κ3) is 4.82. The Labute approximate surface area is 203 Å². The van der Waals surface area contributed by atoms with Gasteiger partial charge < -0.3 is 14.4 Å². The Morgan fingerprint density at radius 3 is 2.65 bits per heavy atom. The van der Waals surface area contributed by atoms with Crippen LogP contribution in [0.4, 0.5) is 0 Å². The molecule has 0 spiro atoms. The molecule has 3 amide bonds. The van der Waals surface area contributed by atoms with Crippen molar-refractivity contribution >= 4 is 30.4 Å². The Morgan fingerprint density at radius 2 is 1.88 bits per heavy atom. The van der Waals surface area contributed by atoms with E-state index in [0.717, 1.165) is 30.8 Å². The number of rotatable bonds is 6. The molecule has 1 N–H and O–H groups in total. The summed E-state index contributed by atoms with van der Waals surface area (Å²) in [6.45, 7) is 3.93. The molecule has 2 fully saturated rings. The molecule has 34 heavy (non-hydrogen) atoms. The predicted octanol–water partition coefficient (Wildman–Crippen LogP) is 2.11. The number of carbonyl (C=O) groups is 3. The summed E-state index contributed by atoms with van der Waals surface area (Å²) in [7, 11) is 0. The number of piperidine rings is 1. The van der Waals surface area contributed by atoms with Gasteiger partial charge in [0.25, 0.3) is 5.91 Å². The third-order valence-electron chi connectivity index (χ3n) is 6.49. The van der Waals surface area contributed by atoms with Crippen molar-refractivity contribution in [2.24, 2.45) is 0 Å². The molecule has 2 unspecified atom stereocenters. The maximum Gasteiger partial charge on any atom is 0.255 e. The van der Waals surface area contributed by atoms with Gasteiger partial charge in [-0.1, -0.05) is 30.3 Å². The van der Waals surface area contributed by atoms with Gasteiger partial charge in [0.2, 0.25) is 11.8 Å². The maximum atomic E-state index is 13.0. The summed E-state index contributed by atoms with van der Waals surface area (Å²) in [5, 5.41) is 2.33. The molecule has 2 atom stereocenters. The van der Waals surface area contributed by atoms with Gasteiger partial charge in [0.1, 0.15) is 23.8 Å². The highest BCUT2D eigenvalue weighted by atomic mass is 32.1. The molecule has 5 rings (SSSR count). The Hall–Kier alpha value is -2.88. The van der Waals surface area contributed by atoms with E-state index in [-0.39, 0.29) is 23.7 Å². The lowest BCUT2D eigenvalue weighted by Crippen LogP contribution is -2.52. The molecule has 9 heteroatoms. The topological polar surface area (TPSA) is 88.2 Å². The van der Waals surface area contributed by atoms with E-state index in [0.29, 0.717) is 37.5 Å². The zero-order valence-electron chi connectivity index (χ0n) is 18.7. The normalized spacial score (nSPS) is 23.1. The van der Waals surface area contributed by atoms with E-state index in [1.165, 1.54) is 10.5 Å². The SMILES string of the molecule is O=C1CCC(N2Cc3c(OCc4ccc(CN5CCOC(S)C5)cc4)cccc3C2=O)C(=O)N1. The fourth-order valence-electron chi connectivity index (χ4n) is 4.68. The zero-order valence-corrected chi connectivity index (χ0v) is 19.6. The summed E-state index contributed by atoms with van der Waals surface area (Å²) in [5.74, 6) is -0.276. The van der Waals surface area contributed by atoms with Crippen LogP contribution in [-0.2, 0) is 34.0 Å². The van der Waals surface area contributed by atoms with Crippen LogP contribution in [0.15, 0.2) is 42.5 Å². The highest BCUT2D eigenvalue weighted by Crippen LogP contribution is 2.34. The highest BCUT2D eigenvalue weighted by Gasteiger charge is 2.40. The van der Waals surface area contributed by atoms with Crippen LogP contribution in [0.1, 0.15) is 39.9 Å². The standard InChI is InChI=1S/C25H27N3O5S/c29-22-9-8-20(24(30)26-22)28-13-19-18(25(28)31)2-1-3-21(19)33-15-17-6-4-16(5-7-17)12-27-10-11-32-23(34)14-27/h1-7,20,23,34H,8-15H2,(H,26,29,30). The van der Waals surface area contributed by atoms with Gasteiger partial charge in [-0.05, 0) is 29.7 Å². The van der Waals surface area contributed by atoms with Crippen LogP contribution in [-0.4, -0.2) is 58.7 Å². The molecular formula is C25H27N3O5S. The van der Waals surface area contributed by atoms with E-state index in [1.54, 1.807) is 12.1 Å². The molecule has 0 saturated carbocycles. The molecule has 0 bridgehead atoms. The predicted molar refractivity (Wildman–Crippen MR) is 127 cm³/mol. The van der Waals surface area contributed by atoms with Crippen molar-refractivity contribution in [2.75, 3.05) is 19.7 Å². The van der Waals surface area contributed by atoms with Crippen LogP contribution in [0.25, 0.3) is 0 Å². The van der Waals surface area contributed by atoms with Crippen molar-refractivity contribution in [3.8, 4) is 5.75 Å². The van der Waals surface area contributed by atoms with Gasteiger partial charge in [-0.3, -0.25) is 24.6 Å². The van der Waals surface area contributed by atoms with Gasteiger partial charge in [-0.25, -0.2) is 0 Å². The molecule has 3 heterocycles. The minimum Gasteiger partial charge on any atom is -0.489 e. The van der Waals surface area contributed by atoms with Crippen LogP contribution >= 0.6 is 12.6 Å². The molecule has 2 aromatic carbocycles. The Morgan fingerprint density at radius 1 is 1.09 bits per heavy atom. The second-order valence-electron chi connectivity index (χ2n) is 8.85. The van der Waals surface area contributed by atoms with Gasteiger partial charge in [-0.2, -0.15) is 0 Å². The van der Waals surface area contributed by atoms with Gasteiger partial charge >= 0.3 is 0 Å². The Balaban J connectivity index is 1.22. The number of benzene rings is 2. The van der Waals surface area contributed by atoms with Crippen LogP contribution in [0.2, 0.25) is 0 Å². The monoisotopic (exact) mass is 481 g/mol. The zero-order chi connectivity index (χ0) is 23.7. The van der Waals surface area contributed by atoms with Gasteiger partial charge in [-0.15, -0.1) is 12.6 Å². The fourth-order valence-corrected chi connectivity index (χ4v) is 5.02. The molecule has 2 aromatic rings.